The lowest BCUT2D eigenvalue weighted by molar-refractivity contribution is 0.669. The van der Waals surface area contributed by atoms with Crippen LogP contribution in [0.2, 0.25) is 0 Å². The smallest absolute Gasteiger partial charge is 0.137 e. The molecule has 0 aliphatic heterocycles. The minimum absolute atomic E-state index is 0.837. The number of furan rings is 2. The largest absolute Gasteiger partial charge is 0.456 e. The van der Waals surface area contributed by atoms with Gasteiger partial charge in [0.05, 0.1) is 11.1 Å². The Morgan fingerprint density at radius 3 is 1.58 bits per heavy atom. The van der Waals surface area contributed by atoms with Crippen LogP contribution in [0.5, 0.6) is 0 Å². The first-order valence-corrected chi connectivity index (χ1v) is 18.7. The van der Waals surface area contributed by atoms with E-state index in [0.717, 1.165) is 77.5 Å². The first kappa shape index (κ1) is 31.2. The van der Waals surface area contributed by atoms with Crippen LogP contribution in [0.3, 0.4) is 0 Å². The molecular weight excluding hydrogens is 671 g/mol. The summed E-state index contributed by atoms with van der Waals surface area (Å²) in [5, 5.41) is 6.70. The predicted octanol–water partition coefficient (Wildman–Crippen LogP) is 15.1. The molecule has 0 unspecified atom stereocenters. The normalized spacial score (nSPS) is 11.6. The van der Waals surface area contributed by atoms with Crippen molar-refractivity contribution in [2.45, 2.75) is 0 Å². The van der Waals surface area contributed by atoms with Gasteiger partial charge < -0.3 is 13.7 Å². The molecule has 0 N–H and O–H groups in total. The van der Waals surface area contributed by atoms with Gasteiger partial charge in [0, 0.05) is 33.6 Å². The third kappa shape index (κ3) is 5.20. The molecule has 0 bridgehead atoms. The van der Waals surface area contributed by atoms with Crippen molar-refractivity contribution in [1.82, 2.24) is 0 Å². The van der Waals surface area contributed by atoms with E-state index in [-0.39, 0.29) is 0 Å². The molecule has 3 heteroatoms. The van der Waals surface area contributed by atoms with Gasteiger partial charge in [-0.15, -0.1) is 0 Å². The molecule has 11 aromatic rings. The van der Waals surface area contributed by atoms with E-state index in [1.165, 1.54) is 27.6 Å². The second-order valence-electron chi connectivity index (χ2n) is 14.1. The molecule has 0 saturated carbocycles. The maximum atomic E-state index is 6.88. The zero-order valence-corrected chi connectivity index (χ0v) is 29.8. The topological polar surface area (TPSA) is 29.5 Å². The van der Waals surface area contributed by atoms with Crippen LogP contribution in [-0.4, -0.2) is 0 Å². The fraction of sp³-hybridized carbons (Fsp3) is 0. The zero-order chi connectivity index (χ0) is 36.3. The summed E-state index contributed by atoms with van der Waals surface area (Å²) in [5.74, 6) is 0. The fourth-order valence-electron chi connectivity index (χ4n) is 8.32. The second-order valence-corrected chi connectivity index (χ2v) is 14.1. The molecule has 0 spiro atoms. The molecule has 9 aromatic carbocycles. The van der Waals surface area contributed by atoms with E-state index in [1.54, 1.807) is 0 Å². The number of hydrogen-bond acceptors (Lipinski definition) is 3. The van der Waals surface area contributed by atoms with Gasteiger partial charge in [-0.25, -0.2) is 0 Å². The maximum absolute atomic E-state index is 6.88. The zero-order valence-electron chi connectivity index (χ0n) is 29.8. The third-order valence-corrected chi connectivity index (χ3v) is 10.8. The summed E-state index contributed by atoms with van der Waals surface area (Å²) < 4.78 is 13.3. The van der Waals surface area contributed by atoms with Crippen LogP contribution in [0.1, 0.15) is 0 Å². The van der Waals surface area contributed by atoms with Crippen LogP contribution in [0.25, 0.3) is 88.0 Å². The lowest BCUT2D eigenvalue weighted by atomic mass is 9.90. The van der Waals surface area contributed by atoms with Crippen LogP contribution in [0.15, 0.2) is 209 Å². The molecule has 258 valence electrons. The van der Waals surface area contributed by atoms with Gasteiger partial charge in [-0.1, -0.05) is 127 Å². The number of benzene rings is 9. The van der Waals surface area contributed by atoms with Crippen LogP contribution in [0, 0.1) is 0 Å². The van der Waals surface area contributed by atoms with Gasteiger partial charge in [-0.05, 0) is 111 Å². The van der Waals surface area contributed by atoms with E-state index in [4.69, 9.17) is 8.83 Å². The third-order valence-electron chi connectivity index (χ3n) is 10.8. The first-order valence-electron chi connectivity index (χ1n) is 18.7. The number of nitrogens with zero attached hydrogens (tertiary/aromatic N) is 1. The summed E-state index contributed by atoms with van der Waals surface area (Å²) in [6.45, 7) is 0. The van der Waals surface area contributed by atoms with Gasteiger partial charge in [-0.3, -0.25) is 0 Å². The number of anilines is 3. The van der Waals surface area contributed by atoms with Gasteiger partial charge >= 0.3 is 0 Å². The van der Waals surface area contributed by atoms with E-state index < -0.39 is 0 Å². The van der Waals surface area contributed by atoms with Gasteiger partial charge in [0.15, 0.2) is 0 Å². The molecule has 11 rings (SSSR count). The molecule has 0 saturated heterocycles. The van der Waals surface area contributed by atoms with Gasteiger partial charge in [0.25, 0.3) is 0 Å². The average molecular weight is 704 g/mol. The molecule has 2 heterocycles. The van der Waals surface area contributed by atoms with Crippen molar-refractivity contribution in [2.75, 3.05) is 4.90 Å². The van der Waals surface area contributed by atoms with E-state index in [1.807, 2.05) is 12.1 Å². The van der Waals surface area contributed by atoms with Gasteiger partial charge in [0.1, 0.15) is 22.3 Å². The molecule has 55 heavy (non-hydrogen) atoms. The lowest BCUT2D eigenvalue weighted by Crippen LogP contribution is -2.10. The summed E-state index contributed by atoms with van der Waals surface area (Å²) in [7, 11) is 0. The monoisotopic (exact) mass is 703 g/mol. The minimum atomic E-state index is 0.837. The summed E-state index contributed by atoms with van der Waals surface area (Å²) >= 11 is 0. The Bertz CT molecular complexity index is 3140. The molecule has 3 nitrogen and oxygen atoms in total. The Labute approximate surface area is 317 Å². The van der Waals surface area contributed by atoms with Crippen molar-refractivity contribution < 1.29 is 8.83 Å². The van der Waals surface area contributed by atoms with Crippen molar-refractivity contribution in [3.05, 3.63) is 200 Å². The summed E-state index contributed by atoms with van der Waals surface area (Å²) in [6, 6.07) is 70.9. The second kappa shape index (κ2) is 12.6. The van der Waals surface area contributed by atoms with Crippen LogP contribution >= 0.6 is 0 Å². The summed E-state index contributed by atoms with van der Waals surface area (Å²) in [5.41, 5.74) is 13.5. The first-order chi connectivity index (χ1) is 27.3. The molecular formula is C52H33NO2. The summed E-state index contributed by atoms with van der Waals surface area (Å²) in [6.07, 6.45) is 0. The number of hydrogen-bond donors (Lipinski definition) is 0. The van der Waals surface area contributed by atoms with Crippen molar-refractivity contribution in [3.63, 3.8) is 0 Å². The Kier molecular flexibility index (Phi) is 7.17. The quantitative estimate of drug-likeness (QED) is 0.173. The molecule has 2 aromatic heterocycles. The van der Waals surface area contributed by atoms with Crippen molar-refractivity contribution >= 4 is 71.7 Å². The molecule has 0 atom stereocenters. The van der Waals surface area contributed by atoms with Gasteiger partial charge in [-0.2, -0.15) is 0 Å². The van der Waals surface area contributed by atoms with Crippen LogP contribution < -0.4 is 4.90 Å². The Hall–Kier alpha value is -7.36. The fourth-order valence-corrected chi connectivity index (χ4v) is 8.32. The van der Waals surface area contributed by atoms with E-state index in [9.17, 15) is 0 Å². The highest BCUT2D eigenvalue weighted by atomic mass is 16.3. The maximum Gasteiger partial charge on any atom is 0.137 e. The van der Waals surface area contributed by atoms with Crippen LogP contribution in [-0.2, 0) is 0 Å². The standard InChI is InChI=1S/C52H33NO2/c1-4-15-34(16-5-1)36-29-37(35-17-6-2-7-18-35)31-38(30-36)45-33-50-51(44-23-11-10-21-41(44)45)52-46(24-14-26-48(52)55-50)53(39-19-8-3-9-20-39)40-27-28-43-42-22-12-13-25-47(42)54-49(43)32-40/h1-33H. The predicted molar refractivity (Wildman–Crippen MR) is 229 cm³/mol. The molecule has 0 fully saturated rings. The van der Waals surface area contributed by atoms with Crippen molar-refractivity contribution in [2.24, 2.45) is 0 Å². The molecule has 0 amide bonds. The van der Waals surface area contributed by atoms with E-state index >= 15 is 0 Å². The highest BCUT2D eigenvalue weighted by Crippen LogP contribution is 2.48. The molecule has 0 radical (unpaired) electrons. The van der Waals surface area contributed by atoms with Crippen LogP contribution in [0.4, 0.5) is 17.1 Å². The molecule has 0 aliphatic rings. The number of para-hydroxylation sites is 2. The minimum Gasteiger partial charge on any atom is -0.456 e. The SMILES string of the molecule is c1ccc(-c2cc(-c3ccccc3)cc(-c3cc4oc5cccc(N(c6ccccc6)c6ccc7c(c6)oc6ccccc67)c5c4c4ccccc34)c2)cc1. The van der Waals surface area contributed by atoms with E-state index in [2.05, 4.69) is 193 Å². The van der Waals surface area contributed by atoms with E-state index in [0.29, 0.717) is 0 Å². The summed E-state index contributed by atoms with van der Waals surface area (Å²) in [4.78, 5) is 2.32. The van der Waals surface area contributed by atoms with Crippen molar-refractivity contribution in [3.8, 4) is 33.4 Å². The Morgan fingerprint density at radius 1 is 0.291 bits per heavy atom. The highest BCUT2D eigenvalue weighted by Gasteiger charge is 2.23. The average Bonchev–Trinajstić information content (AvgIpc) is 3.83. The molecule has 0 aliphatic carbocycles. The Morgan fingerprint density at radius 2 is 0.855 bits per heavy atom. The van der Waals surface area contributed by atoms with Crippen molar-refractivity contribution in [1.29, 1.82) is 0 Å². The highest BCUT2D eigenvalue weighted by molar-refractivity contribution is 6.25. The lowest BCUT2D eigenvalue weighted by Gasteiger charge is -2.26. The number of fused-ring (bicyclic) bond motifs is 8. The van der Waals surface area contributed by atoms with Gasteiger partial charge in [0.2, 0.25) is 0 Å². The number of rotatable bonds is 6. The Balaban J connectivity index is 1.16.